The first-order chi connectivity index (χ1) is 8.63. The van der Waals surface area contributed by atoms with E-state index in [1.165, 1.54) is 10.7 Å². The van der Waals surface area contributed by atoms with Crippen molar-refractivity contribution in [3.05, 3.63) is 33.5 Å². The molecule has 2 aromatic rings. The van der Waals surface area contributed by atoms with E-state index in [4.69, 9.17) is 0 Å². The number of aromatic nitrogens is 3. The zero-order chi connectivity index (χ0) is 13.1. The second-order valence-electron chi connectivity index (χ2n) is 4.45. The van der Waals surface area contributed by atoms with Crippen molar-refractivity contribution in [1.29, 1.82) is 0 Å². The predicted molar refractivity (Wildman–Crippen MR) is 75.0 cm³/mol. The van der Waals surface area contributed by atoms with Gasteiger partial charge in [0.25, 0.3) is 0 Å². The number of nitrogens with zero attached hydrogens (tertiary/aromatic N) is 3. The molecule has 0 aliphatic heterocycles. The first-order valence-corrected chi connectivity index (χ1v) is 7.14. The number of rotatable bonds is 5. The highest BCUT2D eigenvalue weighted by Crippen LogP contribution is 2.21. The van der Waals surface area contributed by atoms with Crippen molar-refractivity contribution in [1.82, 2.24) is 20.1 Å². The number of hydrogen-bond donors (Lipinski definition) is 1. The minimum Gasteiger partial charge on any atom is -0.311 e. The van der Waals surface area contributed by atoms with Gasteiger partial charge in [-0.05, 0) is 33.9 Å². The van der Waals surface area contributed by atoms with Gasteiger partial charge in [0.15, 0.2) is 0 Å². The summed E-state index contributed by atoms with van der Waals surface area (Å²) in [6.45, 7) is 7.10. The number of hydrogen-bond acceptors (Lipinski definition) is 4. The quantitative estimate of drug-likeness (QED) is 0.902. The van der Waals surface area contributed by atoms with Gasteiger partial charge in [-0.1, -0.05) is 0 Å². The Bertz CT molecular complexity index is 515. The van der Waals surface area contributed by atoms with Crippen LogP contribution in [-0.4, -0.2) is 21.8 Å². The third-order valence-corrected chi connectivity index (χ3v) is 3.97. The Morgan fingerprint density at radius 2 is 2.17 bits per heavy atom. The average Bonchev–Trinajstić information content (AvgIpc) is 2.92. The molecule has 0 aromatic carbocycles. The maximum absolute atomic E-state index is 4.54. The molecule has 1 N–H and O–H groups in total. The summed E-state index contributed by atoms with van der Waals surface area (Å²) in [5, 5.41) is 11.2. The van der Waals surface area contributed by atoms with Crippen molar-refractivity contribution in [2.45, 2.75) is 39.8 Å². The lowest BCUT2D eigenvalue weighted by molar-refractivity contribution is 0.512. The Labute approximate surface area is 112 Å². The molecule has 0 radical (unpaired) electrons. The molecule has 0 saturated heterocycles. The Hall–Kier alpha value is -1.20. The van der Waals surface area contributed by atoms with Crippen molar-refractivity contribution in [3.63, 3.8) is 0 Å². The summed E-state index contributed by atoms with van der Waals surface area (Å²) in [6, 6.07) is 2.43. The van der Waals surface area contributed by atoms with E-state index >= 15 is 0 Å². The Morgan fingerprint density at radius 3 is 2.72 bits per heavy atom. The van der Waals surface area contributed by atoms with Crippen molar-refractivity contribution < 1.29 is 0 Å². The lowest BCUT2D eigenvalue weighted by Crippen LogP contribution is -2.22. The van der Waals surface area contributed by atoms with Gasteiger partial charge < -0.3 is 5.32 Å². The summed E-state index contributed by atoms with van der Waals surface area (Å²) >= 11 is 1.73. The molecule has 5 heteroatoms. The van der Waals surface area contributed by atoms with Gasteiger partial charge in [-0.25, -0.2) is 4.98 Å². The van der Waals surface area contributed by atoms with Crippen molar-refractivity contribution in [3.8, 4) is 0 Å². The molecule has 2 heterocycles. The predicted octanol–water partition coefficient (Wildman–Crippen LogP) is 2.48. The van der Waals surface area contributed by atoms with Gasteiger partial charge in [-0.3, -0.25) is 4.68 Å². The molecule has 18 heavy (non-hydrogen) atoms. The first-order valence-electron chi connectivity index (χ1n) is 6.26. The minimum absolute atomic E-state index is 0.275. The average molecular weight is 264 g/mol. The van der Waals surface area contributed by atoms with E-state index < -0.39 is 0 Å². The van der Waals surface area contributed by atoms with Gasteiger partial charge in [-0.15, -0.1) is 11.3 Å². The minimum atomic E-state index is 0.275. The van der Waals surface area contributed by atoms with Crippen LogP contribution in [0.3, 0.4) is 0 Å². The summed E-state index contributed by atoms with van der Waals surface area (Å²) in [7, 11) is 1.99. The zero-order valence-electron chi connectivity index (χ0n) is 11.4. The van der Waals surface area contributed by atoms with Crippen LogP contribution in [0.4, 0.5) is 0 Å². The van der Waals surface area contributed by atoms with Crippen LogP contribution in [0.25, 0.3) is 0 Å². The van der Waals surface area contributed by atoms with Crippen molar-refractivity contribution >= 4 is 11.3 Å². The number of nitrogens with one attached hydrogen (secondary N) is 1. The summed E-state index contributed by atoms with van der Waals surface area (Å²) in [5.41, 5.74) is 3.41. The van der Waals surface area contributed by atoms with Crippen LogP contribution in [0.1, 0.15) is 35.1 Å². The van der Waals surface area contributed by atoms with Crippen molar-refractivity contribution in [2.24, 2.45) is 0 Å². The maximum Gasteiger partial charge on any atom is 0.0947 e. The summed E-state index contributed by atoms with van der Waals surface area (Å²) in [4.78, 5) is 4.54. The molecule has 0 amide bonds. The molecule has 1 unspecified atom stereocenters. The van der Waals surface area contributed by atoms with Crippen LogP contribution in [0, 0.1) is 13.8 Å². The second kappa shape index (κ2) is 5.63. The molecule has 0 saturated carbocycles. The van der Waals surface area contributed by atoms with E-state index in [1.807, 2.05) is 20.9 Å². The monoisotopic (exact) mass is 264 g/mol. The number of aryl methyl sites for hydroxylation is 3. The smallest absolute Gasteiger partial charge is 0.0947 e. The molecular weight excluding hydrogens is 244 g/mol. The van der Waals surface area contributed by atoms with E-state index in [-0.39, 0.29) is 6.04 Å². The molecule has 0 aliphatic rings. The normalized spacial score (nSPS) is 12.9. The molecule has 0 aliphatic carbocycles. The lowest BCUT2D eigenvalue weighted by Gasteiger charge is -2.16. The van der Waals surface area contributed by atoms with E-state index in [0.29, 0.717) is 0 Å². The van der Waals surface area contributed by atoms with Crippen molar-refractivity contribution in [2.75, 3.05) is 7.05 Å². The highest BCUT2D eigenvalue weighted by molar-refractivity contribution is 7.09. The molecule has 1 atom stereocenters. The van der Waals surface area contributed by atoms with Gasteiger partial charge >= 0.3 is 0 Å². The molecule has 0 spiro atoms. The fourth-order valence-corrected chi connectivity index (χ4v) is 2.94. The third kappa shape index (κ3) is 2.79. The van der Waals surface area contributed by atoms with Gasteiger partial charge in [0.2, 0.25) is 0 Å². The van der Waals surface area contributed by atoms with Crippen LogP contribution in [0.5, 0.6) is 0 Å². The van der Waals surface area contributed by atoms with Gasteiger partial charge in [-0.2, -0.15) is 5.10 Å². The topological polar surface area (TPSA) is 42.7 Å². The molecule has 2 aromatic heterocycles. The summed E-state index contributed by atoms with van der Waals surface area (Å²) in [6.07, 6.45) is 0.917. The van der Waals surface area contributed by atoms with E-state index in [0.717, 1.165) is 24.4 Å². The first kappa shape index (κ1) is 13.2. The van der Waals surface area contributed by atoms with Gasteiger partial charge in [0, 0.05) is 24.0 Å². The SMILES string of the molecule is CCn1nc(C)cc1C(Cc1nc(C)cs1)NC. The zero-order valence-corrected chi connectivity index (χ0v) is 12.2. The largest absolute Gasteiger partial charge is 0.311 e. The lowest BCUT2D eigenvalue weighted by atomic mass is 10.1. The molecule has 0 bridgehead atoms. The van der Waals surface area contributed by atoms with Crippen LogP contribution in [0.2, 0.25) is 0 Å². The van der Waals surface area contributed by atoms with E-state index in [1.54, 1.807) is 11.3 Å². The van der Waals surface area contributed by atoms with E-state index in [9.17, 15) is 0 Å². The molecule has 0 fully saturated rings. The number of thiazole rings is 1. The summed E-state index contributed by atoms with van der Waals surface area (Å²) in [5.74, 6) is 0. The van der Waals surface area contributed by atoms with E-state index in [2.05, 4.69) is 38.5 Å². The Kier molecular flexibility index (Phi) is 4.14. The maximum atomic E-state index is 4.54. The fourth-order valence-electron chi connectivity index (χ4n) is 2.12. The third-order valence-electron chi connectivity index (χ3n) is 2.98. The van der Waals surface area contributed by atoms with Crippen LogP contribution >= 0.6 is 11.3 Å². The summed E-state index contributed by atoms with van der Waals surface area (Å²) < 4.78 is 2.07. The fraction of sp³-hybridized carbons (Fsp3) is 0.538. The highest BCUT2D eigenvalue weighted by Gasteiger charge is 2.17. The molecule has 98 valence electrons. The molecular formula is C13H20N4S. The van der Waals surface area contributed by atoms with Crippen LogP contribution in [-0.2, 0) is 13.0 Å². The van der Waals surface area contributed by atoms with Gasteiger partial charge in [0.05, 0.1) is 22.4 Å². The molecule has 4 nitrogen and oxygen atoms in total. The molecule has 2 rings (SSSR count). The number of likely N-dealkylation sites (N-methyl/N-ethyl adjacent to an activating group) is 1. The van der Waals surface area contributed by atoms with Crippen LogP contribution in [0.15, 0.2) is 11.4 Å². The Balaban J connectivity index is 2.22. The second-order valence-corrected chi connectivity index (χ2v) is 5.40. The van der Waals surface area contributed by atoms with Crippen LogP contribution < -0.4 is 5.32 Å². The standard InChI is InChI=1S/C13H20N4S/c1-5-17-12(6-9(2)16-17)11(14-4)7-13-15-10(3)8-18-13/h6,8,11,14H,5,7H2,1-4H3. The van der Waals surface area contributed by atoms with Gasteiger partial charge in [0.1, 0.15) is 0 Å². The Morgan fingerprint density at radius 1 is 1.39 bits per heavy atom. The highest BCUT2D eigenvalue weighted by atomic mass is 32.1.